The van der Waals surface area contributed by atoms with E-state index >= 15 is 0 Å². The van der Waals surface area contributed by atoms with Gasteiger partial charge in [0.2, 0.25) is 0 Å². The Labute approximate surface area is 104 Å². The Kier molecular flexibility index (Phi) is 6.74. The molecule has 92 valence electrons. The molecule has 1 nitrogen and oxygen atoms in total. The normalized spacial score (nSPS) is 13.2. The summed E-state index contributed by atoms with van der Waals surface area (Å²) in [4.78, 5) is 1.53. The Hall–Kier alpha value is -0.340. The van der Waals surface area contributed by atoms with Crippen LogP contribution in [0.1, 0.15) is 38.5 Å². The highest BCUT2D eigenvalue weighted by molar-refractivity contribution is 7.09. The second kappa shape index (κ2) is 7.86. The summed E-state index contributed by atoms with van der Waals surface area (Å²) in [5.74, 6) is 1.59. The van der Waals surface area contributed by atoms with Gasteiger partial charge in [0.1, 0.15) is 0 Å². The van der Waals surface area contributed by atoms with E-state index in [-0.39, 0.29) is 0 Å². The molecule has 1 rings (SSSR count). The summed E-state index contributed by atoms with van der Waals surface area (Å²) in [6.07, 6.45) is 3.86. The van der Waals surface area contributed by atoms with Gasteiger partial charge >= 0.3 is 0 Å². The lowest BCUT2D eigenvalue weighted by Crippen LogP contribution is -2.26. The van der Waals surface area contributed by atoms with Crippen LogP contribution in [0.3, 0.4) is 0 Å². The third-order valence-electron chi connectivity index (χ3n) is 2.94. The average Bonchev–Trinajstić information content (AvgIpc) is 2.75. The third kappa shape index (κ3) is 5.66. The van der Waals surface area contributed by atoms with Gasteiger partial charge in [-0.3, -0.25) is 0 Å². The van der Waals surface area contributed by atoms with E-state index in [4.69, 9.17) is 0 Å². The van der Waals surface area contributed by atoms with Gasteiger partial charge in [-0.25, -0.2) is 0 Å². The molecule has 1 heterocycles. The first-order valence-corrected chi connectivity index (χ1v) is 7.33. The van der Waals surface area contributed by atoms with Crippen LogP contribution in [-0.2, 0) is 6.42 Å². The van der Waals surface area contributed by atoms with E-state index in [1.807, 2.05) is 11.3 Å². The van der Waals surface area contributed by atoms with E-state index in [1.165, 1.54) is 30.7 Å². The summed E-state index contributed by atoms with van der Waals surface area (Å²) in [6, 6.07) is 4.40. The molecule has 0 bridgehead atoms. The van der Waals surface area contributed by atoms with Crippen molar-refractivity contribution in [2.75, 3.05) is 13.1 Å². The molecule has 1 unspecified atom stereocenters. The predicted octanol–water partition coefficient (Wildman–Crippen LogP) is 3.95. The molecule has 0 saturated heterocycles. The van der Waals surface area contributed by atoms with Crippen molar-refractivity contribution in [3.05, 3.63) is 22.4 Å². The summed E-state index contributed by atoms with van der Waals surface area (Å²) in [5.41, 5.74) is 0. The van der Waals surface area contributed by atoms with Crippen molar-refractivity contribution in [3.8, 4) is 0 Å². The average molecular weight is 239 g/mol. The van der Waals surface area contributed by atoms with Gasteiger partial charge in [-0.1, -0.05) is 33.3 Å². The SMILES string of the molecule is CCC(CCc1cccs1)CNCC(C)C. The fraction of sp³-hybridized carbons (Fsp3) is 0.714. The van der Waals surface area contributed by atoms with Gasteiger partial charge in [-0.2, -0.15) is 0 Å². The number of rotatable bonds is 8. The maximum atomic E-state index is 3.57. The van der Waals surface area contributed by atoms with E-state index in [9.17, 15) is 0 Å². The molecule has 2 heteroatoms. The summed E-state index contributed by atoms with van der Waals surface area (Å²) < 4.78 is 0. The second-order valence-corrected chi connectivity index (χ2v) is 5.98. The molecule has 0 aliphatic heterocycles. The van der Waals surface area contributed by atoms with Gasteiger partial charge in [0.05, 0.1) is 0 Å². The Bertz CT molecular complexity index is 254. The summed E-state index contributed by atoms with van der Waals surface area (Å²) in [5, 5.41) is 5.74. The van der Waals surface area contributed by atoms with Crippen LogP contribution in [0, 0.1) is 11.8 Å². The Morgan fingerprint density at radius 2 is 2.12 bits per heavy atom. The number of hydrogen-bond donors (Lipinski definition) is 1. The first-order valence-electron chi connectivity index (χ1n) is 6.45. The minimum Gasteiger partial charge on any atom is -0.316 e. The Morgan fingerprint density at radius 1 is 1.31 bits per heavy atom. The lowest BCUT2D eigenvalue weighted by Gasteiger charge is -2.16. The molecule has 1 aromatic heterocycles. The maximum absolute atomic E-state index is 3.57. The molecule has 1 atom stereocenters. The quantitative estimate of drug-likeness (QED) is 0.724. The van der Waals surface area contributed by atoms with Crippen molar-refractivity contribution >= 4 is 11.3 Å². The number of nitrogens with one attached hydrogen (secondary N) is 1. The molecule has 0 spiro atoms. The van der Waals surface area contributed by atoms with Gasteiger partial charge in [0, 0.05) is 4.88 Å². The van der Waals surface area contributed by atoms with Crippen LogP contribution >= 0.6 is 11.3 Å². The van der Waals surface area contributed by atoms with Crippen molar-refractivity contribution in [3.63, 3.8) is 0 Å². The summed E-state index contributed by atoms with van der Waals surface area (Å²) in [7, 11) is 0. The molecule has 1 N–H and O–H groups in total. The van der Waals surface area contributed by atoms with Crippen LogP contribution in [0.2, 0.25) is 0 Å². The van der Waals surface area contributed by atoms with Crippen molar-refractivity contribution < 1.29 is 0 Å². The van der Waals surface area contributed by atoms with E-state index in [0.29, 0.717) is 0 Å². The number of thiophene rings is 1. The van der Waals surface area contributed by atoms with Gasteiger partial charge in [0.15, 0.2) is 0 Å². The van der Waals surface area contributed by atoms with E-state index in [0.717, 1.165) is 18.4 Å². The molecule has 0 aliphatic carbocycles. The minimum atomic E-state index is 0.759. The molecular weight excluding hydrogens is 214 g/mol. The number of hydrogen-bond acceptors (Lipinski definition) is 2. The molecule has 0 aliphatic rings. The minimum absolute atomic E-state index is 0.759. The van der Waals surface area contributed by atoms with Crippen molar-refractivity contribution in [2.24, 2.45) is 11.8 Å². The predicted molar refractivity (Wildman–Crippen MR) is 74.1 cm³/mol. The molecule has 0 amide bonds. The Balaban J connectivity index is 2.16. The van der Waals surface area contributed by atoms with E-state index < -0.39 is 0 Å². The molecule has 0 fully saturated rings. The summed E-state index contributed by atoms with van der Waals surface area (Å²) in [6.45, 7) is 9.16. The fourth-order valence-corrected chi connectivity index (χ4v) is 2.55. The highest BCUT2D eigenvalue weighted by Gasteiger charge is 2.07. The monoisotopic (exact) mass is 239 g/mol. The maximum Gasteiger partial charge on any atom is 0.00453 e. The van der Waals surface area contributed by atoms with Crippen LogP contribution in [-0.4, -0.2) is 13.1 Å². The lowest BCUT2D eigenvalue weighted by molar-refractivity contribution is 0.417. The zero-order valence-electron chi connectivity index (χ0n) is 10.8. The van der Waals surface area contributed by atoms with Crippen LogP contribution in [0.5, 0.6) is 0 Å². The molecule has 0 radical (unpaired) electrons. The first kappa shape index (κ1) is 13.7. The standard InChI is InChI=1S/C14H25NS/c1-4-13(11-15-10-12(2)3)7-8-14-6-5-9-16-14/h5-6,9,12-13,15H,4,7-8,10-11H2,1-3H3. The number of aryl methyl sites for hydroxylation is 1. The second-order valence-electron chi connectivity index (χ2n) is 4.94. The molecule has 16 heavy (non-hydrogen) atoms. The highest BCUT2D eigenvalue weighted by Crippen LogP contribution is 2.16. The van der Waals surface area contributed by atoms with Crippen LogP contribution in [0.25, 0.3) is 0 Å². The zero-order valence-corrected chi connectivity index (χ0v) is 11.6. The van der Waals surface area contributed by atoms with Gasteiger partial charge in [-0.15, -0.1) is 11.3 Å². The smallest absolute Gasteiger partial charge is 0.00453 e. The highest BCUT2D eigenvalue weighted by atomic mass is 32.1. The molecule has 0 saturated carbocycles. The van der Waals surface area contributed by atoms with Crippen molar-refractivity contribution in [1.29, 1.82) is 0 Å². The van der Waals surface area contributed by atoms with Gasteiger partial charge in [-0.05, 0) is 49.2 Å². The van der Waals surface area contributed by atoms with Gasteiger partial charge < -0.3 is 5.32 Å². The molecule has 1 aromatic rings. The largest absolute Gasteiger partial charge is 0.316 e. The Morgan fingerprint density at radius 3 is 2.69 bits per heavy atom. The summed E-state index contributed by atoms with van der Waals surface area (Å²) >= 11 is 1.88. The fourth-order valence-electron chi connectivity index (χ4n) is 1.83. The first-order chi connectivity index (χ1) is 7.72. The lowest BCUT2D eigenvalue weighted by atomic mass is 9.99. The molecular formula is C14H25NS. The topological polar surface area (TPSA) is 12.0 Å². The zero-order chi connectivity index (χ0) is 11.8. The third-order valence-corrected chi connectivity index (χ3v) is 3.88. The van der Waals surface area contributed by atoms with Crippen molar-refractivity contribution in [1.82, 2.24) is 5.32 Å². The molecule has 0 aromatic carbocycles. The van der Waals surface area contributed by atoms with Crippen LogP contribution in [0.15, 0.2) is 17.5 Å². The van der Waals surface area contributed by atoms with E-state index in [1.54, 1.807) is 0 Å². The van der Waals surface area contributed by atoms with Crippen LogP contribution < -0.4 is 5.32 Å². The van der Waals surface area contributed by atoms with Crippen molar-refractivity contribution in [2.45, 2.75) is 40.0 Å². The van der Waals surface area contributed by atoms with Crippen LogP contribution in [0.4, 0.5) is 0 Å². The van der Waals surface area contributed by atoms with E-state index in [2.05, 4.69) is 43.6 Å². The van der Waals surface area contributed by atoms with Gasteiger partial charge in [0.25, 0.3) is 0 Å².